The third-order valence-electron chi connectivity index (χ3n) is 11.1. The molecule has 292 valence electrons. The van der Waals surface area contributed by atoms with Crippen LogP contribution < -0.4 is 10.6 Å². The van der Waals surface area contributed by atoms with Gasteiger partial charge in [-0.2, -0.15) is 0 Å². The highest BCUT2D eigenvalue weighted by molar-refractivity contribution is 7.99. The van der Waals surface area contributed by atoms with Crippen LogP contribution in [0.15, 0.2) is 227 Å². The second-order valence-electron chi connectivity index (χ2n) is 15.1. The number of benzene rings is 9. The van der Waals surface area contributed by atoms with Crippen molar-refractivity contribution < 1.29 is 0 Å². The predicted molar refractivity (Wildman–Crippen MR) is 258 cm³/mol. The number of nitrogens with two attached hydrogens (primary N) is 1. The number of amidine groups is 2. The molecule has 1 aliphatic heterocycles. The normalized spacial score (nSPS) is 12.1. The first-order valence-electron chi connectivity index (χ1n) is 20.3. The number of para-hydroxylation sites is 2. The lowest BCUT2D eigenvalue weighted by Gasteiger charge is -2.33. The van der Waals surface area contributed by atoms with E-state index in [4.69, 9.17) is 11.1 Å². The molecule has 0 amide bonds. The van der Waals surface area contributed by atoms with E-state index in [1.165, 1.54) is 81.8 Å². The minimum Gasteiger partial charge on any atom is -0.383 e. The van der Waals surface area contributed by atoms with Crippen LogP contribution in [0.25, 0.3) is 49.4 Å². The summed E-state index contributed by atoms with van der Waals surface area (Å²) in [6, 6.07) is 74.2. The SMILES string of the molecule is Cc1cccc(-n2c3ccc(-c4ccc5c(c4)Sc4ccccc4N5c4ccccc4)cc3c3c4ccccc4ccc32)c1.N=C(N=C(N)c1ccccc1)c1ccccc1. The smallest absolute Gasteiger partial charge is 0.154 e. The number of nitrogens with one attached hydrogen (secondary N) is 1. The van der Waals surface area contributed by atoms with Gasteiger partial charge in [-0.15, -0.1) is 0 Å². The first kappa shape index (κ1) is 37.6. The molecule has 11 rings (SSSR count). The maximum absolute atomic E-state index is 7.84. The van der Waals surface area contributed by atoms with Crippen LogP contribution in [0.3, 0.4) is 0 Å². The molecule has 0 unspecified atom stereocenters. The fourth-order valence-electron chi connectivity index (χ4n) is 8.26. The van der Waals surface area contributed by atoms with Crippen LogP contribution in [0.5, 0.6) is 0 Å². The van der Waals surface area contributed by atoms with Gasteiger partial charge >= 0.3 is 0 Å². The second kappa shape index (κ2) is 16.2. The summed E-state index contributed by atoms with van der Waals surface area (Å²) in [7, 11) is 0. The van der Waals surface area contributed by atoms with Crippen molar-refractivity contribution in [1.82, 2.24) is 4.57 Å². The van der Waals surface area contributed by atoms with Crippen molar-refractivity contribution in [2.45, 2.75) is 16.7 Å². The van der Waals surface area contributed by atoms with Crippen molar-refractivity contribution >= 4 is 73.1 Å². The molecule has 0 saturated carbocycles. The van der Waals surface area contributed by atoms with E-state index in [1.54, 1.807) is 0 Å². The van der Waals surface area contributed by atoms with Crippen molar-refractivity contribution in [2.24, 2.45) is 10.7 Å². The van der Waals surface area contributed by atoms with Crippen LogP contribution >= 0.6 is 11.8 Å². The zero-order valence-electron chi connectivity index (χ0n) is 33.5. The summed E-state index contributed by atoms with van der Waals surface area (Å²) in [5, 5.41) is 13.0. The summed E-state index contributed by atoms with van der Waals surface area (Å²) in [6.45, 7) is 2.16. The third-order valence-corrected chi connectivity index (χ3v) is 12.3. The van der Waals surface area contributed by atoms with E-state index in [1.807, 2.05) is 72.4 Å². The molecule has 61 heavy (non-hydrogen) atoms. The highest BCUT2D eigenvalue weighted by Crippen LogP contribution is 2.52. The van der Waals surface area contributed by atoms with Crippen molar-refractivity contribution in [2.75, 3.05) is 4.90 Å². The molecule has 10 aromatic rings. The van der Waals surface area contributed by atoms with E-state index in [9.17, 15) is 0 Å². The van der Waals surface area contributed by atoms with Crippen LogP contribution in [0, 0.1) is 12.3 Å². The van der Waals surface area contributed by atoms with E-state index < -0.39 is 0 Å². The molecule has 0 atom stereocenters. The summed E-state index contributed by atoms with van der Waals surface area (Å²) in [5.41, 5.74) is 18.4. The molecule has 0 radical (unpaired) electrons. The number of nitrogens with zero attached hydrogens (tertiary/aromatic N) is 3. The number of fused-ring (bicyclic) bond motifs is 7. The lowest BCUT2D eigenvalue weighted by molar-refractivity contribution is 1.17. The Morgan fingerprint density at radius 1 is 0.508 bits per heavy atom. The minimum atomic E-state index is 0.173. The van der Waals surface area contributed by atoms with Gasteiger partial charge in [0.05, 0.1) is 22.4 Å². The van der Waals surface area contributed by atoms with Crippen LogP contribution in [0.1, 0.15) is 16.7 Å². The summed E-state index contributed by atoms with van der Waals surface area (Å²) >= 11 is 1.85. The summed E-state index contributed by atoms with van der Waals surface area (Å²) in [5.74, 6) is 0.534. The molecule has 2 heterocycles. The zero-order chi connectivity index (χ0) is 41.3. The van der Waals surface area contributed by atoms with Gasteiger partial charge in [0.25, 0.3) is 0 Å². The predicted octanol–water partition coefficient (Wildman–Crippen LogP) is 14.3. The quantitative estimate of drug-likeness (QED) is 0.134. The molecule has 5 nitrogen and oxygen atoms in total. The standard InChI is InChI=1S/C41H28N2S.C14H13N3/c1-27-10-9-14-32(24-27)43-35-21-19-29(25-34(35)41-33-15-6-5-11-28(33)18-23-38(41)43)30-20-22-37-40(26-30)44-39-17-8-7-16-36(39)42(37)31-12-3-2-4-13-31;15-13(11-7-3-1-4-8-11)17-14(16)12-9-5-2-6-10-12/h2-26H,1H3;1-10H,(H3,15,16,17). The molecule has 1 aliphatic rings. The van der Waals surface area contributed by atoms with Gasteiger partial charge in [0, 0.05) is 43.1 Å². The van der Waals surface area contributed by atoms with Gasteiger partial charge in [0.15, 0.2) is 5.84 Å². The third kappa shape index (κ3) is 7.24. The van der Waals surface area contributed by atoms with Crippen LogP contribution in [-0.2, 0) is 0 Å². The molecule has 9 aromatic carbocycles. The van der Waals surface area contributed by atoms with Crippen molar-refractivity contribution in [3.05, 3.63) is 229 Å². The Bertz CT molecular complexity index is 3260. The van der Waals surface area contributed by atoms with Gasteiger partial charge in [-0.25, -0.2) is 4.99 Å². The average molecular weight is 804 g/mol. The Hall–Kier alpha value is -7.67. The molecule has 0 fully saturated rings. The number of hydrogen-bond donors (Lipinski definition) is 2. The number of rotatable bonds is 5. The monoisotopic (exact) mass is 803 g/mol. The Balaban J connectivity index is 0.000000221. The Morgan fingerprint density at radius 2 is 1.13 bits per heavy atom. The van der Waals surface area contributed by atoms with E-state index in [0.29, 0.717) is 5.84 Å². The van der Waals surface area contributed by atoms with Gasteiger partial charge in [0.2, 0.25) is 0 Å². The first-order chi connectivity index (χ1) is 30.0. The summed E-state index contributed by atoms with van der Waals surface area (Å²) in [4.78, 5) is 9.01. The maximum Gasteiger partial charge on any atom is 0.154 e. The van der Waals surface area contributed by atoms with Gasteiger partial charge in [-0.05, 0) is 101 Å². The number of aryl methyl sites for hydroxylation is 1. The van der Waals surface area contributed by atoms with Gasteiger partial charge in [-0.3, -0.25) is 5.41 Å². The molecular formula is C55H41N5S. The topological polar surface area (TPSA) is 70.4 Å². The van der Waals surface area contributed by atoms with Gasteiger partial charge in [0.1, 0.15) is 5.84 Å². The molecule has 1 aromatic heterocycles. The number of hydrogen-bond acceptors (Lipinski definition) is 3. The number of aliphatic imine (C=N–C) groups is 1. The average Bonchev–Trinajstić information content (AvgIpc) is 3.66. The molecule has 3 N–H and O–H groups in total. The highest BCUT2D eigenvalue weighted by atomic mass is 32.2. The lowest BCUT2D eigenvalue weighted by Crippen LogP contribution is -2.15. The molecule has 0 spiro atoms. The summed E-state index contributed by atoms with van der Waals surface area (Å²) in [6.07, 6.45) is 0. The van der Waals surface area contributed by atoms with Crippen LogP contribution in [-0.4, -0.2) is 16.2 Å². The van der Waals surface area contributed by atoms with Crippen molar-refractivity contribution in [3.63, 3.8) is 0 Å². The maximum atomic E-state index is 7.84. The first-order valence-corrected chi connectivity index (χ1v) is 21.1. The Morgan fingerprint density at radius 3 is 1.92 bits per heavy atom. The fourth-order valence-corrected chi connectivity index (χ4v) is 9.36. The fraction of sp³-hybridized carbons (Fsp3) is 0.0182. The van der Waals surface area contributed by atoms with Gasteiger partial charge in [-0.1, -0.05) is 157 Å². The molecule has 0 aliphatic carbocycles. The molecule has 0 bridgehead atoms. The van der Waals surface area contributed by atoms with Gasteiger partial charge < -0.3 is 15.2 Å². The van der Waals surface area contributed by atoms with Crippen LogP contribution in [0.2, 0.25) is 0 Å². The zero-order valence-corrected chi connectivity index (χ0v) is 34.4. The number of aromatic nitrogens is 1. The number of anilines is 3. The molecular weight excluding hydrogens is 763 g/mol. The van der Waals surface area contributed by atoms with E-state index in [-0.39, 0.29) is 5.84 Å². The molecule has 6 heteroatoms. The second-order valence-corrected chi connectivity index (χ2v) is 16.2. The minimum absolute atomic E-state index is 0.173. The molecule has 0 saturated heterocycles. The Kier molecular flexibility index (Phi) is 9.97. The van der Waals surface area contributed by atoms with Crippen molar-refractivity contribution in [1.29, 1.82) is 5.41 Å². The van der Waals surface area contributed by atoms with Crippen molar-refractivity contribution in [3.8, 4) is 16.8 Å². The largest absolute Gasteiger partial charge is 0.383 e. The Labute approximate surface area is 359 Å². The van der Waals surface area contributed by atoms with E-state index >= 15 is 0 Å². The van der Waals surface area contributed by atoms with E-state index in [2.05, 4.69) is 173 Å². The summed E-state index contributed by atoms with van der Waals surface area (Å²) < 4.78 is 2.42. The lowest BCUT2D eigenvalue weighted by atomic mass is 9.99. The highest BCUT2D eigenvalue weighted by Gasteiger charge is 2.25. The van der Waals surface area contributed by atoms with Crippen LogP contribution in [0.4, 0.5) is 17.1 Å². The van der Waals surface area contributed by atoms with E-state index in [0.717, 1.165) is 11.1 Å².